The van der Waals surface area contributed by atoms with Gasteiger partial charge in [0.15, 0.2) is 5.82 Å². The molecule has 1 N–H and O–H groups in total. The highest BCUT2D eigenvalue weighted by Gasteiger charge is 2.12. The van der Waals surface area contributed by atoms with Crippen molar-refractivity contribution < 1.29 is 14.4 Å². The second-order valence-electron chi connectivity index (χ2n) is 3.27. The Morgan fingerprint density at radius 2 is 2.27 bits per heavy atom. The zero-order chi connectivity index (χ0) is 11.1. The third-order valence-electron chi connectivity index (χ3n) is 2.05. The summed E-state index contributed by atoms with van der Waals surface area (Å²) in [5.74, 6) is 0.945. The molecule has 0 amide bonds. The van der Waals surface area contributed by atoms with E-state index in [-0.39, 0.29) is 0 Å². The number of hydrogen-bond donors (Lipinski definition) is 1. The number of aliphatic hydroxyl groups excluding tert-OH is 1. The van der Waals surface area contributed by atoms with E-state index >= 15 is 0 Å². The molecule has 1 unspecified atom stereocenters. The molecule has 1 heterocycles. The van der Waals surface area contributed by atoms with Crippen molar-refractivity contribution in [1.82, 2.24) is 10.1 Å². The largest absolute Gasteiger partial charge is 0.385 e. The van der Waals surface area contributed by atoms with E-state index in [1.807, 2.05) is 13.8 Å². The van der Waals surface area contributed by atoms with Crippen LogP contribution in [0.3, 0.4) is 0 Å². The lowest BCUT2D eigenvalue weighted by Gasteiger charge is -1.98. The Morgan fingerprint density at radius 3 is 2.93 bits per heavy atom. The van der Waals surface area contributed by atoms with Crippen LogP contribution in [-0.2, 0) is 11.2 Å². The van der Waals surface area contributed by atoms with Crippen molar-refractivity contribution in [2.45, 2.75) is 39.2 Å². The van der Waals surface area contributed by atoms with Crippen molar-refractivity contribution in [3.05, 3.63) is 11.7 Å². The minimum absolute atomic E-state index is 0.379. The van der Waals surface area contributed by atoms with Gasteiger partial charge in [-0.2, -0.15) is 4.98 Å². The zero-order valence-electron chi connectivity index (χ0n) is 9.27. The van der Waals surface area contributed by atoms with Crippen molar-refractivity contribution >= 4 is 0 Å². The van der Waals surface area contributed by atoms with E-state index in [0.29, 0.717) is 31.2 Å². The van der Waals surface area contributed by atoms with Gasteiger partial charge in [-0.05, 0) is 19.8 Å². The Hall–Kier alpha value is -0.940. The third-order valence-corrected chi connectivity index (χ3v) is 2.05. The standard InChI is InChI=1S/C10H18N2O3/c1-3-8(13)10-11-9(15-12-10)6-5-7-14-4-2/h8,13H,3-7H2,1-2H3. The Labute approximate surface area is 89.4 Å². The Kier molecular flexibility index (Phi) is 5.28. The second kappa shape index (κ2) is 6.53. The van der Waals surface area contributed by atoms with E-state index in [1.165, 1.54) is 0 Å². The van der Waals surface area contributed by atoms with Gasteiger partial charge in [-0.3, -0.25) is 0 Å². The summed E-state index contributed by atoms with van der Waals surface area (Å²) in [6.07, 6.45) is 1.54. The van der Waals surface area contributed by atoms with Gasteiger partial charge >= 0.3 is 0 Å². The van der Waals surface area contributed by atoms with Crippen LogP contribution in [0.4, 0.5) is 0 Å². The fourth-order valence-corrected chi connectivity index (χ4v) is 1.16. The molecule has 0 aliphatic carbocycles. The van der Waals surface area contributed by atoms with Crippen molar-refractivity contribution in [3.8, 4) is 0 Å². The molecule has 0 aliphatic rings. The highest BCUT2D eigenvalue weighted by Crippen LogP contribution is 2.12. The lowest BCUT2D eigenvalue weighted by molar-refractivity contribution is 0.143. The highest BCUT2D eigenvalue weighted by atomic mass is 16.5. The normalized spacial score (nSPS) is 13.0. The summed E-state index contributed by atoms with van der Waals surface area (Å²) < 4.78 is 10.2. The number of nitrogens with zero attached hydrogens (tertiary/aromatic N) is 2. The molecule has 1 aromatic heterocycles. The van der Waals surface area contributed by atoms with Gasteiger partial charge in [0, 0.05) is 19.6 Å². The lowest BCUT2D eigenvalue weighted by atomic mass is 10.2. The maximum atomic E-state index is 9.44. The van der Waals surface area contributed by atoms with E-state index in [0.717, 1.165) is 13.0 Å². The van der Waals surface area contributed by atoms with Gasteiger partial charge in [0.2, 0.25) is 5.89 Å². The molecule has 15 heavy (non-hydrogen) atoms. The first-order valence-corrected chi connectivity index (χ1v) is 5.36. The van der Waals surface area contributed by atoms with E-state index in [2.05, 4.69) is 10.1 Å². The molecular formula is C10H18N2O3. The second-order valence-corrected chi connectivity index (χ2v) is 3.27. The van der Waals surface area contributed by atoms with Crippen molar-refractivity contribution in [2.75, 3.05) is 13.2 Å². The highest BCUT2D eigenvalue weighted by molar-refractivity contribution is 4.90. The molecule has 0 radical (unpaired) electrons. The fraction of sp³-hybridized carbons (Fsp3) is 0.800. The molecule has 1 rings (SSSR count). The predicted octanol–water partition coefficient (Wildman–Crippen LogP) is 1.48. The number of rotatable bonds is 7. The summed E-state index contributed by atoms with van der Waals surface area (Å²) >= 11 is 0. The van der Waals surface area contributed by atoms with Gasteiger partial charge in [-0.15, -0.1) is 0 Å². The van der Waals surface area contributed by atoms with E-state index < -0.39 is 6.10 Å². The average molecular weight is 214 g/mol. The molecule has 0 aliphatic heterocycles. The molecule has 5 heteroatoms. The fourth-order valence-electron chi connectivity index (χ4n) is 1.16. The van der Waals surface area contributed by atoms with Gasteiger partial charge in [-0.25, -0.2) is 0 Å². The van der Waals surface area contributed by atoms with Crippen LogP contribution in [0.1, 0.15) is 44.5 Å². The minimum Gasteiger partial charge on any atom is -0.385 e. The topological polar surface area (TPSA) is 68.4 Å². The molecule has 1 aromatic rings. The van der Waals surface area contributed by atoms with Crippen LogP contribution in [0.2, 0.25) is 0 Å². The van der Waals surface area contributed by atoms with Crippen LogP contribution in [0, 0.1) is 0 Å². The number of aryl methyl sites for hydroxylation is 1. The minimum atomic E-state index is -0.616. The summed E-state index contributed by atoms with van der Waals surface area (Å²) in [6, 6.07) is 0. The van der Waals surface area contributed by atoms with Crippen LogP contribution in [-0.4, -0.2) is 28.5 Å². The van der Waals surface area contributed by atoms with Crippen molar-refractivity contribution in [2.24, 2.45) is 0 Å². The Balaban J connectivity index is 2.33. The predicted molar refractivity (Wildman–Crippen MR) is 54.4 cm³/mol. The number of hydrogen-bond acceptors (Lipinski definition) is 5. The molecule has 0 spiro atoms. The van der Waals surface area contributed by atoms with E-state index in [1.54, 1.807) is 0 Å². The summed E-state index contributed by atoms with van der Waals surface area (Å²) in [5.41, 5.74) is 0. The Bertz CT molecular complexity index is 275. The monoisotopic (exact) mass is 214 g/mol. The van der Waals surface area contributed by atoms with Crippen LogP contribution in [0.5, 0.6) is 0 Å². The number of aliphatic hydroxyl groups is 1. The summed E-state index contributed by atoms with van der Waals surface area (Å²) in [5, 5.41) is 13.2. The van der Waals surface area contributed by atoms with Crippen LogP contribution in [0.15, 0.2) is 4.52 Å². The smallest absolute Gasteiger partial charge is 0.226 e. The van der Waals surface area contributed by atoms with Crippen LogP contribution in [0.25, 0.3) is 0 Å². The van der Waals surface area contributed by atoms with Crippen molar-refractivity contribution in [1.29, 1.82) is 0 Å². The SMILES string of the molecule is CCOCCCc1nc(C(O)CC)no1. The van der Waals surface area contributed by atoms with Gasteiger partial charge in [0.1, 0.15) is 6.10 Å². The first-order valence-electron chi connectivity index (χ1n) is 5.36. The molecule has 0 saturated heterocycles. The lowest BCUT2D eigenvalue weighted by Crippen LogP contribution is -1.99. The molecule has 86 valence electrons. The molecular weight excluding hydrogens is 196 g/mol. The molecule has 0 bridgehead atoms. The first-order chi connectivity index (χ1) is 7.27. The number of aromatic nitrogens is 2. The third kappa shape index (κ3) is 3.97. The van der Waals surface area contributed by atoms with Gasteiger partial charge in [0.25, 0.3) is 0 Å². The summed E-state index contributed by atoms with van der Waals surface area (Å²) in [4.78, 5) is 4.10. The molecule has 1 atom stereocenters. The molecule has 0 aromatic carbocycles. The molecule has 5 nitrogen and oxygen atoms in total. The summed E-state index contributed by atoms with van der Waals surface area (Å²) in [6.45, 7) is 5.26. The van der Waals surface area contributed by atoms with Gasteiger partial charge < -0.3 is 14.4 Å². The maximum Gasteiger partial charge on any atom is 0.226 e. The summed E-state index contributed by atoms with van der Waals surface area (Å²) in [7, 11) is 0. The van der Waals surface area contributed by atoms with Crippen molar-refractivity contribution in [3.63, 3.8) is 0 Å². The van der Waals surface area contributed by atoms with E-state index in [4.69, 9.17) is 9.26 Å². The Morgan fingerprint density at radius 1 is 1.47 bits per heavy atom. The van der Waals surface area contributed by atoms with Gasteiger partial charge in [-0.1, -0.05) is 12.1 Å². The first kappa shape index (κ1) is 12.1. The van der Waals surface area contributed by atoms with E-state index in [9.17, 15) is 5.11 Å². The zero-order valence-corrected chi connectivity index (χ0v) is 9.27. The quantitative estimate of drug-likeness (QED) is 0.696. The number of ether oxygens (including phenoxy) is 1. The van der Waals surface area contributed by atoms with Crippen LogP contribution >= 0.6 is 0 Å². The molecule has 0 saturated carbocycles. The maximum absolute atomic E-state index is 9.44. The average Bonchev–Trinajstić information content (AvgIpc) is 2.72. The van der Waals surface area contributed by atoms with Gasteiger partial charge in [0.05, 0.1) is 0 Å². The van der Waals surface area contributed by atoms with Crippen LogP contribution < -0.4 is 0 Å². The molecule has 0 fully saturated rings.